The average molecular weight is 517 g/mol. The van der Waals surface area contributed by atoms with Gasteiger partial charge in [0.1, 0.15) is 0 Å². The summed E-state index contributed by atoms with van der Waals surface area (Å²) in [6.45, 7) is 12.8. The molecular formula is C37H40S. The molecule has 0 amide bonds. The van der Waals surface area contributed by atoms with Crippen LogP contribution in [0.1, 0.15) is 45.6 Å². The highest BCUT2D eigenvalue weighted by atomic mass is 32.3. The van der Waals surface area contributed by atoms with E-state index in [-0.39, 0.29) is 4.75 Å². The molecule has 0 nitrogen and oxygen atoms in total. The van der Waals surface area contributed by atoms with Gasteiger partial charge in [0.05, 0.1) is 0 Å². The van der Waals surface area contributed by atoms with Crippen molar-refractivity contribution in [1.82, 2.24) is 0 Å². The Balaban J connectivity index is 0.000000249. The molecule has 0 bridgehead atoms. The van der Waals surface area contributed by atoms with Crippen molar-refractivity contribution in [3.8, 4) is 11.1 Å². The topological polar surface area (TPSA) is 0 Å². The Morgan fingerprint density at radius 3 is 2.00 bits per heavy atom. The molecule has 0 fully saturated rings. The van der Waals surface area contributed by atoms with E-state index in [4.69, 9.17) is 0 Å². The molecule has 1 heteroatoms. The third-order valence-electron chi connectivity index (χ3n) is 8.25. The molecule has 0 saturated carbocycles. The van der Waals surface area contributed by atoms with Crippen molar-refractivity contribution in [2.75, 3.05) is 0 Å². The first-order valence-electron chi connectivity index (χ1n) is 13.9. The van der Waals surface area contributed by atoms with Crippen LogP contribution in [0.4, 0.5) is 0 Å². The van der Waals surface area contributed by atoms with E-state index < -0.39 is 10.0 Å². The van der Waals surface area contributed by atoms with E-state index in [2.05, 4.69) is 144 Å². The maximum atomic E-state index is 3.75. The van der Waals surface area contributed by atoms with Gasteiger partial charge in [-0.25, -0.2) is 0 Å². The monoisotopic (exact) mass is 516 g/mol. The lowest BCUT2D eigenvalue weighted by Gasteiger charge is -2.52. The molecule has 1 heterocycles. The molecule has 6 rings (SSSR count). The highest BCUT2D eigenvalue weighted by Crippen LogP contribution is 2.82. The van der Waals surface area contributed by atoms with Crippen LogP contribution in [-0.2, 0) is 0 Å². The van der Waals surface area contributed by atoms with Crippen LogP contribution in [0, 0.1) is 12.8 Å². The fourth-order valence-electron chi connectivity index (χ4n) is 5.95. The standard InChI is InChI=1S/C27H26S.C10H14/c1-20-12-14-22(15-13-20)28(27(3)18-16-21(2)17-19-27)25-10-6-4-8-23(25)24-9-5-7-11-26(24)28;1-3-9-5-7-10(4-2)8-6-9/h4-18H,19H2,1-3H3;3,5,7-9H,1,4,6H2,2H3. The van der Waals surface area contributed by atoms with Crippen LogP contribution < -0.4 is 0 Å². The fourth-order valence-corrected chi connectivity index (χ4v) is 11.0. The Kier molecular flexibility index (Phi) is 7.50. The first-order valence-corrected chi connectivity index (χ1v) is 15.5. The molecule has 0 spiro atoms. The van der Waals surface area contributed by atoms with Gasteiger partial charge in [0.25, 0.3) is 0 Å². The summed E-state index contributed by atoms with van der Waals surface area (Å²) in [6.07, 6.45) is 19.3. The van der Waals surface area contributed by atoms with Crippen molar-refractivity contribution in [1.29, 1.82) is 0 Å². The maximum Gasteiger partial charge on any atom is 0.0308 e. The predicted molar refractivity (Wildman–Crippen MR) is 167 cm³/mol. The van der Waals surface area contributed by atoms with Crippen LogP contribution in [0.5, 0.6) is 0 Å². The first kappa shape index (κ1) is 26.3. The van der Waals surface area contributed by atoms with Gasteiger partial charge < -0.3 is 0 Å². The second-order valence-corrected chi connectivity index (χ2v) is 14.4. The van der Waals surface area contributed by atoms with Crippen molar-refractivity contribution in [2.45, 2.75) is 66.4 Å². The number of hydrogen-bond donors (Lipinski definition) is 0. The molecule has 0 saturated heterocycles. The lowest BCUT2D eigenvalue weighted by Crippen LogP contribution is -2.31. The molecule has 0 radical (unpaired) electrons. The SMILES string of the molecule is C=CC1C=CC(CC)=CC1.CC1=CCC(C)(S2(c3ccc(C)cc3)c3ccccc3-c3ccccc32)C=C1. The normalized spacial score (nSPS) is 23.2. The lowest BCUT2D eigenvalue weighted by atomic mass is 9.96. The van der Waals surface area contributed by atoms with E-state index in [0.29, 0.717) is 5.92 Å². The summed E-state index contributed by atoms with van der Waals surface area (Å²) in [5, 5.41) is 0. The Hall–Kier alpha value is -3.29. The zero-order valence-corrected chi connectivity index (χ0v) is 24.1. The molecule has 2 unspecified atom stereocenters. The van der Waals surface area contributed by atoms with Crippen molar-refractivity contribution >= 4 is 10.0 Å². The minimum Gasteiger partial charge on any atom is -0.150 e. The van der Waals surface area contributed by atoms with Crippen LogP contribution in [0.3, 0.4) is 0 Å². The summed E-state index contributed by atoms with van der Waals surface area (Å²) >= 11 is 0. The van der Waals surface area contributed by atoms with Crippen molar-refractivity contribution in [3.63, 3.8) is 0 Å². The number of aryl methyl sites for hydroxylation is 1. The minimum atomic E-state index is -1.43. The highest BCUT2D eigenvalue weighted by Gasteiger charge is 2.51. The van der Waals surface area contributed by atoms with Crippen LogP contribution >= 0.6 is 10.0 Å². The minimum absolute atomic E-state index is 0.0461. The van der Waals surface area contributed by atoms with Crippen LogP contribution in [0.25, 0.3) is 11.1 Å². The van der Waals surface area contributed by atoms with Crippen molar-refractivity contribution in [3.05, 3.63) is 139 Å². The number of fused-ring (bicyclic) bond motifs is 3. The van der Waals surface area contributed by atoms with Gasteiger partial charge >= 0.3 is 0 Å². The molecule has 3 aromatic carbocycles. The molecule has 0 N–H and O–H groups in total. The summed E-state index contributed by atoms with van der Waals surface area (Å²) in [5.41, 5.74) is 6.97. The summed E-state index contributed by atoms with van der Waals surface area (Å²) in [5.74, 6) is 0.579. The third kappa shape index (κ3) is 4.48. The van der Waals surface area contributed by atoms with Gasteiger partial charge in [-0.3, -0.25) is 0 Å². The predicted octanol–water partition coefficient (Wildman–Crippen LogP) is 11.0. The molecule has 38 heavy (non-hydrogen) atoms. The molecule has 0 aromatic heterocycles. The quantitative estimate of drug-likeness (QED) is 0.302. The van der Waals surface area contributed by atoms with E-state index in [9.17, 15) is 0 Å². The van der Waals surface area contributed by atoms with E-state index in [1.54, 1.807) is 0 Å². The van der Waals surface area contributed by atoms with Gasteiger partial charge in [0.2, 0.25) is 0 Å². The smallest absolute Gasteiger partial charge is 0.0308 e. The number of hydrogen-bond acceptors (Lipinski definition) is 0. The van der Waals surface area contributed by atoms with Crippen LogP contribution in [0.2, 0.25) is 0 Å². The van der Waals surface area contributed by atoms with Crippen molar-refractivity contribution < 1.29 is 0 Å². The van der Waals surface area contributed by atoms with Gasteiger partial charge in [-0.1, -0.05) is 115 Å². The second-order valence-electron chi connectivity index (χ2n) is 10.8. The van der Waals surface area contributed by atoms with E-state index in [1.807, 2.05) is 6.08 Å². The first-order chi connectivity index (χ1) is 18.4. The Labute approximate surface area is 231 Å². The summed E-state index contributed by atoms with van der Waals surface area (Å²) in [6, 6.07) is 27.5. The maximum absolute atomic E-state index is 3.75. The van der Waals surface area contributed by atoms with Gasteiger partial charge in [-0.15, -0.1) is 16.6 Å². The molecular weight excluding hydrogens is 476 g/mol. The molecule has 3 aromatic rings. The number of rotatable bonds is 4. The van der Waals surface area contributed by atoms with Crippen LogP contribution in [-0.4, -0.2) is 4.75 Å². The van der Waals surface area contributed by atoms with Gasteiger partial charge in [-0.05, 0) is 86.2 Å². The molecule has 2 aliphatic carbocycles. The Bertz CT molecular complexity index is 1400. The summed E-state index contributed by atoms with van der Waals surface area (Å²) in [4.78, 5) is 4.50. The van der Waals surface area contributed by atoms with Crippen molar-refractivity contribution in [2.24, 2.45) is 5.92 Å². The molecule has 2 atom stereocenters. The number of benzene rings is 3. The molecule has 194 valence electrons. The zero-order valence-electron chi connectivity index (χ0n) is 23.3. The third-order valence-corrected chi connectivity index (χ3v) is 13.0. The van der Waals surface area contributed by atoms with E-state index >= 15 is 0 Å². The van der Waals surface area contributed by atoms with Crippen LogP contribution in [0.15, 0.2) is 148 Å². The van der Waals surface area contributed by atoms with Gasteiger partial charge in [0, 0.05) is 14.5 Å². The molecule has 1 aliphatic heterocycles. The fraction of sp³-hybridized carbons (Fsp3) is 0.243. The van der Waals surface area contributed by atoms with Gasteiger partial charge in [0.15, 0.2) is 0 Å². The zero-order chi connectivity index (χ0) is 26.8. The van der Waals surface area contributed by atoms with E-state index in [1.165, 1.54) is 42.5 Å². The Morgan fingerprint density at radius 1 is 0.868 bits per heavy atom. The largest absolute Gasteiger partial charge is 0.150 e. The average Bonchev–Trinajstić information content (AvgIpc) is 3.27. The number of allylic oxidation sites excluding steroid dienone is 8. The summed E-state index contributed by atoms with van der Waals surface area (Å²) in [7, 11) is -1.43. The second kappa shape index (κ2) is 10.8. The van der Waals surface area contributed by atoms with E-state index in [0.717, 1.165) is 19.3 Å². The summed E-state index contributed by atoms with van der Waals surface area (Å²) < 4.78 is 0.0461. The highest BCUT2D eigenvalue weighted by molar-refractivity contribution is 8.35. The lowest BCUT2D eigenvalue weighted by molar-refractivity contribution is 0.769. The van der Waals surface area contributed by atoms with Gasteiger partial charge in [-0.2, -0.15) is 0 Å². The molecule has 3 aliphatic rings. The Morgan fingerprint density at radius 2 is 1.50 bits per heavy atom.